The number of hydrogen-bond acceptors (Lipinski definition) is 3. The van der Waals surface area contributed by atoms with Crippen LogP contribution in [0.4, 0.5) is 0 Å². The van der Waals surface area contributed by atoms with Crippen LogP contribution in [-0.4, -0.2) is 9.55 Å². The maximum absolute atomic E-state index is 12.6. The smallest absolute Gasteiger partial charge is 0.261 e. The van der Waals surface area contributed by atoms with E-state index in [-0.39, 0.29) is 11.6 Å². The van der Waals surface area contributed by atoms with Gasteiger partial charge in [-0.2, -0.15) is 0 Å². The average molecular weight is 243 g/mol. The molecule has 1 atom stereocenters. The van der Waals surface area contributed by atoms with Crippen LogP contribution in [0.25, 0.3) is 10.9 Å². The standard InChI is InChI=1S/C14H17N3O/c1-8-4-3-5-11-12(8)14(18)17(10-6-7-10)13(16-11)9(2)15/h3-5,9-10H,6-7,15H2,1-2H3. The van der Waals surface area contributed by atoms with Gasteiger partial charge in [-0.25, -0.2) is 4.98 Å². The molecule has 0 saturated heterocycles. The van der Waals surface area contributed by atoms with Crippen molar-refractivity contribution in [2.75, 3.05) is 0 Å². The number of nitrogens with zero attached hydrogens (tertiary/aromatic N) is 2. The third-order valence-electron chi connectivity index (χ3n) is 3.48. The van der Waals surface area contributed by atoms with Crippen LogP contribution in [0.1, 0.15) is 43.2 Å². The van der Waals surface area contributed by atoms with Gasteiger partial charge in [0.1, 0.15) is 5.82 Å². The van der Waals surface area contributed by atoms with Gasteiger partial charge >= 0.3 is 0 Å². The highest BCUT2D eigenvalue weighted by Gasteiger charge is 2.29. The Morgan fingerprint density at radius 2 is 2.17 bits per heavy atom. The zero-order chi connectivity index (χ0) is 12.9. The Kier molecular flexibility index (Phi) is 2.48. The highest BCUT2D eigenvalue weighted by molar-refractivity contribution is 5.81. The van der Waals surface area contributed by atoms with Gasteiger partial charge in [-0.3, -0.25) is 9.36 Å². The first-order chi connectivity index (χ1) is 8.59. The lowest BCUT2D eigenvalue weighted by Gasteiger charge is -2.15. The summed E-state index contributed by atoms with van der Waals surface area (Å²) in [5, 5.41) is 0.730. The van der Waals surface area contributed by atoms with E-state index in [1.807, 2.05) is 32.0 Å². The van der Waals surface area contributed by atoms with Crippen LogP contribution in [0.15, 0.2) is 23.0 Å². The lowest BCUT2D eigenvalue weighted by molar-refractivity contribution is 0.593. The summed E-state index contributed by atoms with van der Waals surface area (Å²) in [6, 6.07) is 5.84. The molecule has 1 fully saturated rings. The molecule has 4 nitrogen and oxygen atoms in total. The Morgan fingerprint density at radius 1 is 1.44 bits per heavy atom. The molecule has 1 heterocycles. The molecule has 0 bridgehead atoms. The predicted octanol–water partition coefficient (Wildman–Crippen LogP) is 2.06. The Bertz CT molecular complexity index is 669. The van der Waals surface area contributed by atoms with E-state index in [0.717, 1.165) is 29.3 Å². The topological polar surface area (TPSA) is 60.9 Å². The number of fused-ring (bicyclic) bond motifs is 1. The normalized spacial score (nSPS) is 17.1. The second-order valence-electron chi connectivity index (χ2n) is 5.13. The Balaban J connectivity index is 2.42. The summed E-state index contributed by atoms with van der Waals surface area (Å²) in [5.41, 5.74) is 7.75. The molecule has 94 valence electrons. The maximum Gasteiger partial charge on any atom is 0.261 e. The van der Waals surface area contributed by atoms with E-state index >= 15 is 0 Å². The van der Waals surface area contributed by atoms with Crippen LogP contribution >= 0.6 is 0 Å². The zero-order valence-electron chi connectivity index (χ0n) is 10.7. The monoisotopic (exact) mass is 243 g/mol. The molecule has 1 saturated carbocycles. The van der Waals surface area contributed by atoms with Gasteiger partial charge in [-0.15, -0.1) is 0 Å². The van der Waals surface area contributed by atoms with E-state index in [4.69, 9.17) is 5.73 Å². The number of hydrogen-bond donors (Lipinski definition) is 1. The number of aromatic nitrogens is 2. The van der Waals surface area contributed by atoms with Crippen molar-refractivity contribution in [2.24, 2.45) is 5.73 Å². The van der Waals surface area contributed by atoms with E-state index in [1.54, 1.807) is 4.57 Å². The molecule has 18 heavy (non-hydrogen) atoms. The van der Waals surface area contributed by atoms with Crippen molar-refractivity contribution >= 4 is 10.9 Å². The lowest BCUT2D eigenvalue weighted by Crippen LogP contribution is -2.28. The van der Waals surface area contributed by atoms with Crippen LogP contribution < -0.4 is 11.3 Å². The number of nitrogens with two attached hydrogens (primary N) is 1. The summed E-state index contributed by atoms with van der Waals surface area (Å²) in [5.74, 6) is 0.709. The summed E-state index contributed by atoms with van der Waals surface area (Å²) in [4.78, 5) is 17.2. The molecule has 0 radical (unpaired) electrons. The second kappa shape index (κ2) is 3.92. The van der Waals surface area contributed by atoms with Gasteiger partial charge in [0.2, 0.25) is 0 Å². The van der Waals surface area contributed by atoms with Crippen LogP contribution in [0.5, 0.6) is 0 Å². The fraction of sp³-hybridized carbons (Fsp3) is 0.429. The van der Waals surface area contributed by atoms with E-state index in [0.29, 0.717) is 11.9 Å². The lowest BCUT2D eigenvalue weighted by atomic mass is 10.1. The number of aryl methyl sites for hydroxylation is 1. The van der Waals surface area contributed by atoms with Crippen molar-refractivity contribution in [1.29, 1.82) is 0 Å². The molecule has 2 aromatic rings. The minimum atomic E-state index is -0.219. The number of benzene rings is 1. The Labute approximate surface area is 105 Å². The van der Waals surface area contributed by atoms with Gasteiger partial charge in [-0.1, -0.05) is 12.1 Å². The summed E-state index contributed by atoms with van der Waals surface area (Å²) < 4.78 is 1.81. The predicted molar refractivity (Wildman–Crippen MR) is 71.6 cm³/mol. The summed E-state index contributed by atoms with van der Waals surface area (Å²) >= 11 is 0. The van der Waals surface area contributed by atoms with Crippen LogP contribution in [0, 0.1) is 6.92 Å². The van der Waals surface area contributed by atoms with Crippen molar-refractivity contribution in [3.05, 3.63) is 39.9 Å². The van der Waals surface area contributed by atoms with Crippen LogP contribution in [-0.2, 0) is 0 Å². The molecular weight excluding hydrogens is 226 g/mol. The molecule has 2 N–H and O–H groups in total. The van der Waals surface area contributed by atoms with E-state index in [1.165, 1.54) is 0 Å². The van der Waals surface area contributed by atoms with Crippen molar-refractivity contribution in [1.82, 2.24) is 9.55 Å². The van der Waals surface area contributed by atoms with E-state index in [2.05, 4.69) is 4.98 Å². The van der Waals surface area contributed by atoms with Crippen LogP contribution in [0.2, 0.25) is 0 Å². The Morgan fingerprint density at radius 3 is 2.78 bits per heavy atom. The molecule has 0 spiro atoms. The van der Waals surface area contributed by atoms with Crippen molar-refractivity contribution in [3.8, 4) is 0 Å². The first-order valence-electron chi connectivity index (χ1n) is 6.37. The quantitative estimate of drug-likeness (QED) is 0.878. The minimum Gasteiger partial charge on any atom is -0.322 e. The van der Waals surface area contributed by atoms with E-state index < -0.39 is 0 Å². The van der Waals surface area contributed by atoms with Gasteiger partial charge in [-0.05, 0) is 38.3 Å². The largest absolute Gasteiger partial charge is 0.322 e. The molecule has 0 aliphatic heterocycles. The molecule has 1 aliphatic carbocycles. The summed E-state index contributed by atoms with van der Waals surface area (Å²) in [6.07, 6.45) is 2.11. The van der Waals surface area contributed by atoms with Crippen molar-refractivity contribution in [2.45, 2.75) is 38.8 Å². The maximum atomic E-state index is 12.6. The summed E-state index contributed by atoms with van der Waals surface area (Å²) in [6.45, 7) is 3.83. The molecule has 4 heteroatoms. The van der Waals surface area contributed by atoms with Crippen LogP contribution in [0.3, 0.4) is 0 Å². The zero-order valence-corrected chi connectivity index (χ0v) is 10.7. The van der Waals surface area contributed by atoms with Gasteiger partial charge in [0.25, 0.3) is 5.56 Å². The third-order valence-corrected chi connectivity index (χ3v) is 3.48. The van der Waals surface area contributed by atoms with Crippen molar-refractivity contribution < 1.29 is 0 Å². The average Bonchev–Trinajstić information content (AvgIpc) is 3.12. The highest BCUT2D eigenvalue weighted by Crippen LogP contribution is 2.35. The fourth-order valence-corrected chi connectivity index (χ4v) is 2.43. The summed E-state index contributed by atoms with van der Waals surface area (Å²) in [7, 11) is 0. The highest BCUT2D eigenvalue weighted by atomic mass is 16.1. The third kappa shape index (κ3) is 1.64. The van der Waals surface area contributed by atoms with Crippen molar-refractivity contribution in [3.63, 3.8) is 0 Å². The fourth-order valence-electron chi connectivity index (χ4n) is 2.43. The molecule has 1 aromatic heterocycles. The van der Waals surface area contributed by atoms with Gasteiger partial charge in [0, 0.05) is 6.04 Å². The molecular formula is C14H17N3O. The first-order valence-corrected chi connectivity index (χ1v) is 6.37. The number of rotatable bonds is 2. The SMILES string of the molecule is Cc1cccc2nc(C(C)N)n(C3CC3)c(=O)c12. The molecule has 1 aromatic carbocycles. The van der Waals surface area contributed by atoms with Gasteiger partial charge in [0.05, 0.1) is 16.9 Å². The molecule has 1 unspecified atom stereocenters. The van der Waals surface area contributed by atoms with Gasteiger partial charge in [0.15, 0.2) is 0 Å². The first kappa shape index (κ1) is 11.4. The molecule has 3 rings (SSSR count). The Hall–Kier alpha value is -1.68. The second-order valence-corrected chi connectivity index (χ2v) is 5.13. The molecule has 1 aliphatic rings. The minimum absolute atomic E-state index is 0.0629. The molecule has 0 amide bonds. The van der Waals surface area contributed by atoms with Gasteiger partial charge < -0.3 is 5.73 Å². The van der Waals surface area contributed by atoms with E-state index in [9.17, 15) is 4.79 Å².